The fourth-order valence-corrected chi connectivity index (χ4v) is 5.76. The maximum Gasteiger partial charge on any atom is 0.274 e. The van der Waals surface area contributed by atoms with E-state index in [0.717, 1.165) is 44.2 Å². The van der Waals surface area contributed by atoms with Gasteiger partial charge in [0, 0.05) is 19.0 Å². The first-order chi connectivity index (χ1) is 15.6. The van der Waals surface area contributed by atoms with E-state index in [1.54, 1.807) is 21.1 Å². The molecule has 0 bridgehead atoms. The predicted molar refractivity (Wildman–Crippen MR) is 127 cm³/mol. The lowest BCUT2D eigenvalue weighted by molar-refractivity contribution is 0.100. The smallest absolute Gasteiger partial charge is 0.274 e. The zero-order valence-electron chi connectivity index (χ0n) is 19.9. The van der Waals surface area contributed by atoms with Gasteiger partial charge in [0.1, 0.15) is 11.4 Å². The summed E-state index contributed by atoms with van der Waals surface area (Å²) in [5.41, 5.74) is 1.33. The number of benzene rings is 1. The number of methoxy groups -OCH3 is 1. The summed E-state index contributed by atoms with van der Waals surface area (Å²) in [5.74, 6) is 0.478. The molecule has 1 aromatic carbocycles. The Morgan fingerprint density at radius 2 is 1.76 bits per heavy atom. The van der Waals surface area contributed by atoms with Gasteiger partial charge in [-0.2, -0.15) is 9.40 Å². The molecule has 0 spiro atoms. The molecule has 0 atom stereocenters. The van der Waals surface area contributed by atoms with Crippen LogP contribution in [0.2, 0.25) is 0 Å². The predicted octanol–water partition coefficient (Wildman–Crippen LogP) is 4.34. The average Bonchev–Trinajstić information content (AvgIpc) is 3.56. The van der Waals surface area contributed by atoms with Gasteiger partial charge in [0.15, 0.2) is 0 Å². The Hall–Kier alpha value is -2.39. The molecule has 180 valence electrons. The van der Waals surface area contributed by atoms with Crippen molar-refractivity contribution >= 4 is 21.6 Å². The van der Waals surface area contributed by atoms with Gasteiger partial charge < -0.3 is 10.1 Å². The molecule has 2 heterocycles. The molecule has 2 aromatic rings. The van der Waals surface area contributed by atoms with Gasteiger partial charge in [-0.05, 0) is 70.7 Å². The number of rotatable bonds is 6. The van der Waals surface area contributed by atoms with Crippen LogP contribution in [0.3, 0.4) is 0 Å². The monoisotopic (exact) mass is 474 g/mol. The highest BCUT2D eigenvalue weighted by molar-refractivity contribution is 7.89. The van der Waals surface area contributed by atoms with Gasteiger partial charge in [-0.15, -0.1) is 0 Å². The topological polar surface area (TPSA) is 93.5 Å². The van der Waals surface area contributed by atoms with Crippen molar-refractivity contribution in [1.82, 2.24) is 14.1 Å². The highest BCUT2D eigenvalue weighted by Crippen LogP contribution is 2.40. The number of amides is 1. The first-order valence-corrected chi connectivity index (χ1v) is 13.2. The molecule has 0 unspecified atom stereocenters. The number of carbonyl (C=O) groups is 1. The first-order valence-electron chi connectivity index (χ1n) is 11.7. The van der Waals surface area contributed by atoms with Gasteiger partial charge in [0.25, 0.3) is 5.91 Å². The number of sulfonamides is 1. The molecule has 1 saturated carbocycles. The second kappa shape index (κ2) is 9.10. The maximum atomic E-state index is 13.3. The van der Waals surface area contributed by atoms with Gasteiger partial charge in [0.05, 0.1) is 28.9 Å². The zero-order chi connectivity index (χ0) is 23.8. The van der Waals surface area contributed by atoms with Crippen LogP contribution in [0.4, 0.5) is 5.69 Å². The van der Waals surface area contributed by atoms with E-state index < -0.39 is 10.0 Å². The minimum atomic E-state index is -3.65. The SMILES string of the molecule is COc1ccc(S(=O)(=O)N2CCCCCC2)cc1NC(=O)c1cc(C2CC2)nn1C(C)(C)C. The van der Waals surface area contributed by atoms with E-state index in [0.29, 0.717) is 36.1 Å². The summed E-state index contributed by atoms with van der Waals surface area (Å²) in [6, 6.07) is 6.48. The average molecular weight is 475 g/mol. The maximum absolute atomic E-state index is 13.3. The van der Waals surface area contributed by atoms with Crippen LogP contribution in [0.5, 0.6) is 5.75 Å². The molecule has 2 fully saturated rings. The molecule has 0 radical (unpaired) electrons. The molecular weight excluding hydrogens is 440 g/mol. The van der Waals surface area contributed by atoms with Gasteiger partial charge in [-0.1, -0.05) is 12.8 Å². The van der Waals surface area contributed by atoms with Crippen molar-refractivity contribution in [2.45, 2.75) is 75.6 Å². The summed E-state index contributed by atoms with van der Waals surface area (Å²) < 4.78 is 35.3. The normalized spacial score (nSPS) is 18.1. The lowest BCUT2D eigenvalue weighted by Gasteiger charge is -2.23. The van der Waals surface area contributed by atoms with Crippen molar-refractivity contribution < 1.29 is 17.9 Å². The highest BCUT2D eigenvalue weighted by atomic mass is 32.2. The number of ether oxygens (including phenoxy) is 1. The van der Waals surface area contributed by atoms with E-state index in [4.69, 9.17) is 9.84 Å². The van der Waals surface area contributed by atoms with E-state index in [2.05, 4.69) is 5.32 Å². The van der Waals surface area contributed by atoms with Crippen LogP contribution in [-0.2, 0) is 15.6 Å². The van der Waals surface area contributed by atoms with E-state index >= 15 is 0 Å². The summed E-state index contributed by atoms with van der Waals surface area (Å²) >= 11 is 0. The Bertz CT molecular complexity index is 1120. The first kappa shape index (κ1) is 23.8. The fraction of sp³-hybridized carbons (Fsp3) is 0.583. The standard InChI is InChI=1S/C24H34N4O4S/c1-24(2,3)28-21(16-19(26-28)17-9-10-17)23(29)25-20-15-18(11-12-22(20)32-4)33(30,31)27-13-7-5-6-8-14-27/h11-12,15-17H,5-10,13-14H2,1-4H3,(H,25,29). The Balaban J connectivity index is 1.65. The minimum absolute atomic E-state index is 0.156. The third-order valence-corrected chi connectivity index (χ3v) is 8.11. The van der Waals surface area contributed by atoms with Gasteiger partial charge >= 0.3 is 0 Å². The number of anilines is 1. The van der Waals surface area contributed by atoms with Crippen molar-refractivity contribution in [3.63, 3.8) is 0 Å². The molecule has 1 amide bonds. The summed E-state index contributed by atoms with van der Waals surface area (Å²) in [6.07, 6.45) is 5.98. The minimum Gasteiger partial charge on any atom is -0.495 e. The molecule has 1 aliphatic heterocycles. The van der Waals surface area contributed by atoms with Crippen LogP contribution in [0.25, 0.3) is 0 Å². The van der Waals surface area contributed by atoms with E-state index in [9.17, 15) is 13.2 Å². The molecule has 1 aliphatic carbocycles. The zero-order valence-corrected chi connectivity index (χ0v) is 20.7. The van der Waals surface area contributed by atoms with Gasteiger partial charge in [-0.3, -0.25) is 9.48 Å². The Morgan fingerprint density at radius 1 is 1.09 bits per heavy atom. The lowest BCUT2D eigenvalue weighted by atomic mass is 10.1. The summed E-state index contributed by atoms with van der Waals surface area (Å²) in [5, 5.41) is 7.58. The molecule has 2 aliphatic rings. The quantitative estimate of drug-likeness (QED) is 0.672. The molecular formula is C24H34N4O4S. The summed E-state index contributed by atoms with van der Waals surface area (Å²) in [7, 11) is -2.16. The molecule has 33 heavy (non-hydrogen) atoms. The van der Waals surface area contributed by atoms with Crippen LogP contribution in [-0.4, -0.2) is 48.6 Å². The molecule has 1 N–H and O–H groups in total. The number of nitrogens with zero attached hydrogens (tertiary/aromatic N) is 3. The van der Waals surface area contributed by atoms with Crippen LogP contribution in [0, 0.1) is 0 Å². The van der Waals surface area contributed by atoms with Gasteiger partial charge in [-0.25, -0.2) is 8.42 Å². The van der Waals surface area contributed by atoms with E-state index in [1.165, 1.54) is 13.2 Å². The Labute approximate surface area is 196 Å². The lowest BCUT2D eigenvalue weighted by Crippen LogP contribution is -2.32. The molecule has 1 aromatic heterocycles. The number of hydrogen-bond donors (Lipinski definition) is 1. The fourth-order valence-electron chi connectivity index (χ4n) is 4.21. The van der Waals surface area contributed by atoms with Crippen molar-refractivity contribution in [3.05, 3.63) is 35.7 Å². The van der Waals surface area contributed by atoms with Crippen LogP contribution in [0.15, 0.2) is 29.2 Å². The molecule has 1 saturated heterocycles. The Morgan fingerprint density at radius 3 is 2.33 bits per heavy atom. The highest BCUT2D eigenvalue weighted by Gasteiger charge is 2.32. The molecule has 8 nitrogen and oxygen atoms in total. The number of nitrogens with one attached hydrogen (secondary N) is 1. The third kappa shape index (κ3) is 5.09. The number of carbonyl (C=O) groups excluding carboxylic acids is 1. The van der Waals surface area contributed by atoms with E-state index in [-0.39, 0.29) is 16.3 Å². The van der Waals surface area contributed by atoms with Crippen LogP contribution in [0.1, 0.15) is 81.4 Å². The van der Waals surface area contributed by atoms with Crippen molar-refractivity contribution in [1.29, 1.82) is 0 Å². The molecule has 9 heteroatoms. The van der Waals surface area contributed by atoms with Gasteiger partial charge in [0.2, 0.25) is 10.0 Å². The second-order valence-corrected chi connectivity index (χ2v) is 11.9. The molecule has 4 rings (SSSR count). The largest absolute Gasteiger partial charge is 0.495 e. The Kier molecular flexibility index (Phi) is 6.55. The second-order valence-electron chi connectivity index (χ2n) is 9.95. The van der Waals surface area contributed by atoms with Crippen molar-refractivity contribution in [2.24, 2.45) is 0 Å². The number of hydrogen-bond acceptors (Lipinski definition) is 5. The summed E-state index contributed by atoms with van der Waals surface area (Å²) in [4.78, 5) is 13.5. The van der Waals surface area contributed by atoms with E-state index in [1.807, 2.05) is 26.8 Å². The van der Waals surface area contributed by atoms with Crippen molar-refractivity contribution in [3.8, 4) is 5.75 Å². The number of aromatic nitrogens is 2. The van der Waals surface area contributed by atoms with Crippen LogP contribution < -0.4 is 10.1 Å². The van der Waals surface area contributed by atoms with Crippen LogP contribution >= 0.6 is 0 Å². The van der Waals surface area contributed by atoms with Crippen molar-refractivity contribution in [2.75, 3.05) is 25.5 Å². The third-order valence-electron chi connectivity index (χ3n) is 6.21. The summed E-state index contributed by atoms with van der Waals surface area (Å²) in [6.45, 7) is 7.04.